The molecule has 4 nitrogen and oxygen atoms in total. The van der Waals surface area contributed by atoms with Gasteiger partial charge in [-0.25, -0.2) is 0 Å². The second-order valence-electron chi connectivity index (χ2n) is 5.39. The van der Waals surface area contributed by atoms with Crippen LogP contribution in [-0.2, 0) is 13.0 Å². The summed E-state index contributed by atoms with van der Waals surface area (Å²) in [6.45, 7) is 3.82. The summed E-state index contributed by atoms with van der Waals surface area (Å²) in [5.41, 5.74) is 4.28. The monoisotopic (exact) mass is 281 g/mol. The molecule has 0 saturated heterocycles. The number of benzene rings is 1. The van der Waals surface area contributed by atoms with Crippen molar-refractivity contribution in [3.8, 4) is 0 Å². The minimum absolute atomic E-state index is 0.0419. The van der Waals surface area contributed by atoms with Gasteiger partial charge in [-0.2, -0.15) is 0 Å². The molecule has 0 fully saturated rings. The minimum atomic E-state index is -0.0552. The molecule has 1 amide bonds. The average molecular weight is 281 g/mol. The molecule has 0 unspecified atom stereocenters. The number of aromatic nitrogens is 1. The molecule has 0 aliphatic carbocycles. The van der Waals surface area contributed by atoms with E-state index in [2.05, 4.69) is 21.7 Å². The topological polar surface area (TPSA) is 54.0 Å². The third kappa shape index (κ3) is 3.11. The van der Waals surface area contributed by atoms with Gasteiger partial charge in [0.1, 0.15) is 0 Å². The molecule has 2 aromatic rings. The number of hydrogen-bond acceptors (Lipinski definition) is 3. The molecule has 0 bridgehead atoms. The zero-order valence-electron chi connectivity index (χ0n) is 12.1. The van der Waals surface area contributed by atoms with Gasteiger partial charge >= 0.3 is 0 Å². The van der Waals surface area contributed by atoms with Crippen LogP contribution in [0.2, 0.25) is 0 Å². The number of hydrogen-bond donors (Lipinski definition) is 2. The molecule has 108 valence electrons. The third-order valence-corrected chi connectivity index (χ3v) is 3.89. The summed E-state index contributed by atoms with van der Waals surface area (Å²) >= 11 is 0. The van der Waals surface area contributed by atoms with Crippen LogP contribution in [0.25, 0.3) is 0 Å². The highest BCUT2D eigenvalue weighted by molar-refractivity contribution is 5.94. The number of fused-ring (bicyclic) bond motifs is 1. The molecule has 1 atom stereocenters. The Bertz CT molecular complexity index is 640. The second-order valence-corrected chi connectivity index (χ2v) is 5.39. The zero-order chi connectivity index (χ0) is 14.7. The van der Waals surface area contributed by atoms with E-state index in [0.29, 0.717) is 5.56 Å². The van der Waals surface area contributed by atoms with E-state index in [-0.39, 0.29) is 11.9 Å². The Hall–Kier alpha value is -2.20. The van der Waals surface area contributed by atoms with E-state index in [1.54, 1.807) is 12.4 Å². The van der Waals surface area contributed by atoms with Crippen molar-refractivity contribution in [2.45, 2.75) is 25.9 Å². The van der Waals surface area contributed by atoms with E-state index >= 15 is 0 Å². The molecule has 1 aromatic heterocycles. The summed E-state index contributed by atoms with van der Waals surface area (Å²) in [4.78, 5) is 16.4. The van der Waals surface area contributed by atoms with Crippen LogP contribution < -0.4 is 10.6 Å². The largest absolute Gasteiger partial charge is 0.345 e. The molecular formula is C17H19N3O. The van der Waals surface area contributed by atoms with Crippen molar-refractivity contribution in [3.05, 3.63) is 65.0 Å². The van der Waals surface area contributed by atoms with Crippen LogP contribution in [-0.4, -0.2) is 17.4 Å². The predicted octanol–water partition coefficient (Wildman–Crippen LogP) is 2.22. The lowest BCUT2D eigenvalue weighted by Crippen LogP contribution is -2.28. The summed E-state index contributed by atoms with van der Waals surface area (Å²) in [6.07, 6.45) is 4.54. The Balaban J connectivity index is 1.73. The van der Waals surface area contributed by atoms with Crippen molar-refractivity contribution >= 4 is 5.91 Å². The van der Waals surface area contributed by atoms with Crippen LogP contribution in [0.1, 0.15) is 40.0 Å². The molecule has 2 N–H and O–H groups in total. The van der Waals surface area contributed by atoms with Gasteiger partial charge in [0.05, 0.1) is 6.04 Å². The summed E-state index contributed by atoms with van der Waals surface area (Å²) in [7, 11) is 0. The Morgan fingerprint density at radius 1 is 1.33 bits per heavy atom. The molecule has 1 aliphatic heterocycles. The summed E-state index contributed by atoms with van der Waals surface area (Å²) < 4.78 is 0. The van der Waals surface area contributed by atoms with Crippen molar-refractivity contribution in [1.29, 1.82) is 0 Å². The third-order valence-electron chi connectivity index (χ3n) is 3.89. The number of amides is 1. The van der Waals surface area contributed by atoms with Gasteiger partial charge in [-0.3, -0.25) is 9.78 Å². The van der Waals surface area contributed by atoms with Crippen LogP contribution in [0.5, 0.6) is 0 Å². The zero-order valence-corrected chi connectivity index (χ0v) is 12.1. The molecule has 0 saturated carbocycles. The number of nitrogens with one attached hydrogen (secondary N) is 2. The molecule has 1 aliphatic rings. The van der Waals surface area contributed by atoms with Crippen molar-refractivity contribution < 1.29 is 4.79 Å². The Kier molecular flexibility index (Phi) is 3.97. The van der Waals surface area contributed by atoms with Crippen LogP contribution in [0.15, 0.2) is 42.7 Å². The summed E-state index contributed by atoms with van der Waals surface area (Å²) in [5.74, 6) is -0.0419. The standard InChI is InChI=1S/C17H19N3O/c1-12(15-3-2-7-18-10-15)20-17(21)14-5-4-13-6-8-19-11-16(13)9-14/h2-5,7,9-10,12,19H,6,8,11H2,1H3,(H,20,21)/t12-/m0/s1. The maximum absolute atomic E-state index is 12.4. The number of nitrogens with zero attached hydrogens (tertiary/aromatic N) is 1. The average Bonchev–Trinajstić information content (AvgIpc) is 2.55. The highest BCUT2D eigenvalue weighted by Gasteiger charge is 2.14. The van der Waals surface area contributed by atoms with E-state index in [1.807, 2.05) is 31.2 Å². The van der Waals surface area contributed by atoms with Gasteiger partial charge in [-0.05, 0) is 54.8 Å². The first kappa shape index (κ1) is 13.8. The molecule has 3 rings (SSSR count). The Morgan fingerprint density at radius 3 is 3.05 bits per heavy atom. The minimum Gasteiger partial charge on any atom is -0.345 e. The van der Waals surface area contributed by atoms with Crippen LogP contribution in [0, 0.1) is 0 Å². The van der Waals surface area contributed by atoms with Gasteiger partial charge in [0.15, 0.2) is 0 Å². The summed E-state index contributed by atoms with van der Waals surface area (Å²) in [5, 5.41) is 6.35. The summed E-state index contributed by atoms with van der Waals surface area (Å²) in [6, 6.07) is 9.76. The number of carbonyl (C=O) groups excluding carboxylic acids is 1. The SMILES string of the molecule is C[C@H](NC(=O)c1ccc2c(c1)CNCC2)c1cccnc1. The molecule has 0 spiro atoms. The van der Waals surface area contributed by atoms with E-state index in [9.17, 15) is 4.79 Å². The first-order valence-electron chi connectivity index (χ1n) is 7.27. The van der Waals surface area contributed by atoms with Gasteiger partial charge < -0.3 is 10.6 Å². The Morgan fingerprint density at radius 2 is 2.24 bits per heavy atom. The number of rotatable bonds is 3. The smallest absolute Gasteiger partial charge is 0.251 e. The number of carbonyl (C=O) groups is 1. The lowest BCUT2D eigenvalue weighted by atomic mass is 9.98. The first-order valence-corrected chi connectivity index (χ1v) is 7.27. The van der Waals surface area contributed by atoms with E-state index in [4.69, 9.17) is 0 Å². The van der Waals surface area contributed by atoms with Gasteiger partial charge in [0, 0.05) is 24.5 Å². The van der Waals surface area contributed by atoms with E-state index in [1.165, 1.54) is 11.1 Å². The normalized spacial score (nSPS) is 15.1. The maximum atomic E-state index is 12.4. The molecular weight excluding hydrogens is 262 g/mol. The van der Waals surface area contributed by atoms with Crippen molar-refractivity contribution in [1.82, 2.24) is 15.6 Å². The quantitative estimate of drug-likeness (QED) is 0.907. The molecule has 2 heterocycles. The lowest BCUT2D eigenvalue weighted by Gasteiger charge is -2.19. The van der Waals surface area contributed by atoms with Gasteiger partial charge in [-0.15, -0.1) is 0 Å². The van der Waals surface area contributed by atoms with Crippen molar-refractivity contribution in [2.75, 3.05) is 6.54 Å². The van der Waals surface area contributed by atoms with Crippen molar-refractivity contribution in [3.63, 3.8) is 0 Å². The predicted molar refractivity (Wildman–Crippen MR) is 82.0 cm³/mol. The molecule has 4 heteroatoms. The van der Waals surface area contributed by atoms with Gasteiger partial charge in [-0.1, -0.05) is 12.1 Å². The first-order chi connectivity index (χ1) is 10.2. The van der Waals surface area contributed by atoms with E-state index < -0.39 is 0 Å². The fraction of sp³-hybridized carbons (Fsp3) is 0.294. The fourth-order valence-corrected chi connectivity index (χ4v) is 2.62. The van der Waals surface area contributed by atoms with Crippen LogP contribution in [0.3, 0.4) is 0 Å². The highest BCUT2D eigenvalue weighted by Crippen LogP contribution is 2.17. The molecule has 0 radical (unpaired) electrons. The maximum Gasteiger partial charge on any atom is 0.251 e. The van der Waals surface area contributed by atoms with Crippen LogP contribution >= 0.6 is 0 Å². The lowest BCUT2D eigenvalue weighted by molar-refractivity contribution is 0.0939. The van der Waals surface area contributed by atoms with Gasteiger partial charge in [0.2, 0.25) is 0 Å². The van der Waals surface area contributed by atoms with Gasteiger partial charge in [0.25, 0.3) is 5.91 Å². The molecule has 21 heavy (non-hydrogen) atoms. The van der Waals surface area contributed by atoms with E-state index in [0.717, 1.165) is 25.1 Å². The second kappa shape index (κ2) is 6.06. The van der Waals surface area contributed by atoms with Crippen LogP contribution in [0.4, 0.5) is 0 Å². The Labute approximate surface area is 124 Å². The fourth-order valence-electron chi connectivity index (χ4n) is 2.62. The highest BCUT2D eigenvalue weighted by atomic mass is 16.1. The van der Waals surface area contributed by atoms with Crippen molar-refractivity contribution in [2.24, 2.45) is 0 Å². The molecule has 1 aromatic carbocycles. The number of pyridine rings is 1.